The number of anilines is 1. The van der Waals surface area contributed by atoms with Gasteiger partial charge in [-0.3, -0.25) is 4.79 Å². The summed E-state index contributed by atoms with van der Waals surface area (Å²) in [4.78, 5) is 15.3. The molecule has 2 N–H and O–H groups in total. The Bertz CT molecular complexity index is 376. The molecule has 0 unspecified atom stereocenters. The summed E-state index contributed by atoms with van der Waals surface area (Å²) in [7, 11) is 0. The zero-order valence-corrected chi connectivity index (χ0v) is 9.98. The second-order valence-electron chi connectivity index (χ2n) is 2.70. The Morgan fingerprint density at radius 3 is 3.13 bits per heavy atom. The summed E-state index contributed by atoms with van der Waals surface area (Å²) < 4.78 is 0. The van der Waals surface area contributed by atoms with Crippen molar-refractivity contribution in [2.75, 3.05) is 17.3 Å². The average molecular weight is 245 g/mol. The van der Waals surface area contributed by atoms with Crippen LogP contribution in [0, 0.1) is 0 Å². The Morgan fingerprint density at radius 2 is 2.53 bits per heavy atom. The van der Waals surface area contributed by atoms with Crippen molar-refractivity contribution in [3.8, 4) is 0 Å². The number of rotatable bonds is 4. The number of oxime groups is 1. The molecule has 1 heterocycles. The standard InChI is InChI=1S/C8H11N3O2S2/c1-5(11-13)6-3-15-8(9-6)10-7(12)4-14-2/h3,13H,4H2,1-2H3,(H,9,10,12). The molecule has 1 aromatic heterocycles. The molecule has 0 fully saturated rings. The maximum absolute atomic E-state index is 11.2. The molecule has 0 aliphatic rings. The minimum atomic E-state index is -0.0815. The molecule has 0 radical (unpaired) electrons. The third-order valence-corrected chi connectivity index (χ3v) is 2.86. The molecule has 7 heteroatoms. The zero-order valence-electron chi connectivity index (χ0n) is 8.35. The second kappa shape index (κ2) is 5.72. The predicted molar refractivity (Wildman–Crippen MR) is 63.1 cm³/mol. The lowest BCUT2D eigenvalue weighted by Gasteiger charge is -1.97. The van der Waals surface area contributed by atoms with E-state index in [1.807, 2.05) is 6.26 Å². The first-order valence-electron chi connectivity index (χ1n) is 4.10. The third-order valence-electron chi connectivity index (χ3n) is 1.55. The molecule has 0 saturated heterocycles. The minimum Gasteiger partial charge on any atom is -0.411 e. The van der Waals surface area contributed by atoms with Crippen molar-refractivity contribution in [1.29, 1.82) is 0 Å². The van der Waals surface area contributed by atoms with Crippen LogP contribution in [0.4, 0.5) is 5.13 Å². The quantitative estimate of drug-likeness (QED) is 0.480. The number of nitrogens with zero attached hydrogens (tertiary/aromatic N) is 2. The van der Waals surface area contributed by atoms with Crippen LogP contribution in [0.25, 0.3) is 0 Å². The van der Waals surface area contributed by atoms with Gasteiger partial charge in [0.2, 0.25) is 5.91 Å². The molecule has 0 aliphatic heterocycles. The van der Waals surface area contributed by atoms with Gasteiger partial charge in [-0.25, -0.2) is 4.98 Å². The first-order valence-corrected chi connectivity index (χ1v) is 6.38. The zero-order chi connectivity index (χ0) is 11.3. The number of carbonyl (C=O) groups excluding carboxylic acids is 1. The van der Waals surface area contributed by atoms with E-state index in [-0.39, 0.29) is 5.91 Å². The molecule has 5 nitrogen and oxygen atoms in total. The molecule has 1 amide bonds. The second-order valence-corrected chi connectivity index (χ2v) is 4.43. The van der Waals surface area contributed by atoms with Gasteiger partial charge in [0, 0.05) is 5.38 Å². The van der Waals surface area contributed by atoms with Crippen LogP contribution < -0.4 is 5.32 Å². The minimum absolute atomic E-state index is 0.0815. The van der Waals surface area contributed by atoms with Gasteiger partial charge in [-0.05, 0) is 13.2 Å². The van der Waals surface area contributed by atoms with Gasteiger partial charge < -0.3 is 10.5 Å². The highest BCUT2D eigenvalue weighted by Gasteiger charge is 2.07. The Balaban J connectivity index is 2.64. The Morgan fingerprint density at radius 1 is 1.80 bits per heavy atom. The van der Waals surface area contributed by atoms with Gasteiger partial charge >= 0.3 is 0 Å². The number of aromatic nitrogens is 1. The molecule has 0 spiro atoms. The molecule has 0 aliphatic carbocycles. The van der Waals surface area contributed by atoms with Crippen LogP contribution >= 0.6 is 23.1 Å². The highest BCUT2D eigenvalue weighted by molar-refractivity contribution is 7.99. The van der Waals surface area contributed by atoms with Crippen molar-refractivity contribution in [3.05, 3.63) is 11.1 Å². The van der Waals surface area contributed by atoms with E-state index in [4.69, 9.17) is 5.21 Å². The maximum atomic E-state index is 11.2. The fourth-order valence-electron chi connectivity index (χ4n) is 0.835. The van der Waals surface area contributed by atoms with Crippen molar-refractivity contribution in [2.45, 2.75) is 6.92 Å². The first kappa shape index (κ1) is 12.0. The van der Waals surface area contributed by atoms with E-state index in [9.17, 15) is 4.79 Å². The van der Waals surface area contributed by atoms with Crippen LogP contribution in [0.1, 0.15) is 12.6 Å². The Hall–Kier alpha value is -1.08. The molecule has 0 atom stereocenters. The maximum Gasteiger partial charge on any atom is 0.236 e. The topological polar surface area (TPSA) is 74.6 Å². The van der Waals surface area contributed by atoms with Crippen molar-refractivity contribution in [2.24, 2.45) is 5.16 Å². The van der Waals surface area contributed by atoms with Crippen LogP contribution in [-0.2, 0) is 4.79 Å². The third kappa shape index (κ3) is 3.52. The molecular formula is C8H11N3O2S2. The number of thiazole rings is 1. The van der Waals surface area contributed by atoms with Gasteiger partial charge in [-0.1, -0.05) is 5.16 Å². The first-order chi connectivity index (χ1) is 7.17. The van der Waals surface area contributed by atoms with Crippen molar-refractivity contribution in [3.63, 3.8) is 0 Å². The average Bonchev–Trinajstić information content (AvgIpc) is 2.65. The van der Waals surface area contributed by atoms with Crippen molar-refractivity contribution in [1.82, 2.24) is 4.98 Å². The Kier molecular flexibility index (Phi) is 4.57. The summed E-state index contributed by atoms with van der Waals surface area (Å²) in [5.74, 6) is 0.323. The highest BCUT2D eigenvalue weighted by Crippen LogP contribution is 2.16. The predicted octanol–water partition coefficient (Wildman–Crippen LogP) is 1.64. The lowest BCUT2D eigenvalue weighted by atomic mass is 10.3. The van der Waals surface area contributed by atoms with Gasteiger partial charge in [0.05, 0.1) is 5.75 Å². The van der Waals surface area contributed by atoms with Gasteiger partial charge in [0.25, 0.3) is 0 Å². The number of amides is 1. The van der Waals surface area contributed by atoms with E-state index in [1.54, 1.807) is 12.3 Å². The molecular weight excluding hydrogens is 234 g/mol. The van der Waals surface area contributed by atoms with E-state index in [1.165, 1.54) is 23.1 Å². The van der Waals surface area contributed by atoms with Crippen molar-refractivity contribution >= 4 is 39.8 Å². The summed E-state index contributed by atoms with van der Waals surface area (Å²) in [6.45, 7) is 1.64. The molecule has 1 aromatic rings. The van der Waals surface area contributed by atoms with Crippen LogP contribution in [-0.4, -0.2) is 33.8 Å². The molecule has 1 rings (SSSR count). The number of nitrogens with one attached hydrogen (secondary N) is 1. The largest absolute Gasteiger partial charge is 0.411 e. The number of hydrogen-bond donors (Lipinski definition) is 2. The van der Waals surface area contributed by atoms with E-state index in [2.05, 4.69) is 15.5 Å². The van der Waals surface area contributed by atoms with E-state index >= 15 is 0 Å². The molecule has 0 bridgehead atoms. The van der Waals surface area contributed by atoms with Gasteiger partial charge in [0.15, 0.2) is 5.13 Å². The van der Waals surface area contributed by atoms with Gasteiger partial charge in [-0.15, -0.1) is 11.3 Å². The summed E-state index contributed by atoms with van der Waals surface area (Å²) in [6, 6.07) is 0. The SMILES string of the molecule is CSCC(=O)Nc1nc(C(C)=NO)cs1. The van der Waals surface area contributed by atoms with Gasteiger partial charge in [-0.2, -0.15) is 11.8 Å². The van der Waals surface area contributed by atoms with Crippen LogP contribution in [0.15, 0.2) is 10.5 Å². The van der Waals surface area contributed by atoms with Crippen LogP contribution in [0.2, 0.25) is 0 Å². The Labute approximate surface area is 95.6 Å². The highest BCUT2D eigenvalue weighted by atomic mass is 32.2. The fourth-order valence-corrected chi connectivity index (χ4v) is 1.94. The van der Waals surface area contributed by atoms with Crippen LogP contribution in [0.5, 0.6) is 0 Å². The van der Waals surface area contributed by atoms with Crippen molar-refractivity contribution < 1.29 is 10.0 Å². The van der Waals surface area contributed by atoms with Crippen LogP contribution in [0.3, 0.4) is 0 Å². The van der Waals surface area contributed by atoms with E-state index in [0.717, 1.165) is 0 Å². The number of thioether (sulfide) groups is 1. The lowest BCUT2D eigenvalue weighted by Crippen LogP contribution is -2.13. The lowest BCUT2D eigenvalue weighted by molar-refractivity contribution is -0.113. The molecule has 15 heavy (non-hydrogen) atoms. The van der Waals surface area contributed by atoms with E-state index in [0.29, 0.717) is 22.3 Å². The van der Waals surface area contributed by atoms with E-state index < -0.39 is 0 Å². The van der Waals surface area contributed by atoms with Gasteiger partial charge in [0.1, 0.15) is 11.4 Å². The summed E-state index contributed by atoms with van der Waals surface area (Å²) in [5.41, 5.74) is 0.999. The fraction of sp³-hybridized carbons (Fsp3) is 0.375. The molecule has 0 saturated carbocycles. The smallest absolute Gasteiger partial charge is 0.236 e. The normalized spacial score (nSPS) is 11.5. The molecule has 0 aromatic carbocycles. The molecule has 82 valence electrons. The monoisotopic (exact) mass is 245 g/mol. The number of hydrogen-bond acceptors (Lipinski definition) is 6. The number of carbonyl (C=O) groups is 1. The summed E-state index contributed by atoms with van der Waals surface area (Å²) >= 11 is 2.75. The summed E-state index contributed by atoms with van der Waals surface area (Å²) in [5, 5.41) is 16.5. The summed E-state index contributed by atoms with van der Waals surface area (Å²) in [6.07, 6.45) is 1.86.